The van der Waals surface area contributed by atoms with Crippen molar-refractivity contribution in [2.75, 3.05) is 35.8 Å². The van der Waals surface area contributed by atoms with Crippen LogP contribution in [-0.2, 0) is 23.9 Å². The van der Waals surface area contributed by atoms with E-state index in [-0.39, 0.29) is 10.8 Å². The third-order valence-electron chi connectivity index (χ3n) is 7.84. The minimum absolute atomic E-state index is 0.0994. The van der Waals surface area contributed by atoms with Crippen molar-refractivity contribution in [2.24, 2.45) is 0 Å². The first-order valence-electron chi connectivity index (χ1n) is 13.7. The van der Waals surface area contributed by atoms with Gasteiger partial charge in [-0.05, 0) is 77.3 Å². The van der Waals surface area contributed by atoms with Gasteiger partial charge in [0.05, 0.1) is 11.4 Å². The van der Waals surface area contributed by atoms with Crippen LogP contribution in [0.2, 0.25) is 0 Å². The van der Waals surface area contributed by atoms with Gasteiger partial charge < -0.3 is 19.3 Å². The molecule has 0 N–H and O–H groups in total. The summed E-state index contributed by atoms with van der Waals surface area (Å²) in [6, 6.07) is 15.7. The largest absolute Gasteiger partial charge is 0.473 e. The molecule has 0 saturated heterocycles. The zero-order chi connectivity index (χ0) is 28.1. The van der Waals surface area contributed by atoms with Crippen molar-refractivity contribution in [3.05, 3.63) is 70.3 Å². The second-order valence-corrected chi connectivity index (χ2v) is 14.4. The van der Waals surface area contributed by atoms with Crippen LogP contribution >= 0.6 is 23.5 Å². The molecule has 0 unspecified atom stereocenters. The van der Waals surface area contributed by atoms with Gasteiger partial charge in [0.1, 0.15) is 11.5 Å². The molecule has 4 nitrogen and oxygen atoms in total. The molecule has 39 heavy (non-hydrogen) atoms. The maximum Gasteiger partial charge on any atom is 0.161 e. The van der Waals surface area contributed by atoms with E-state index in [1.807, 2.05) is 23.5 Å². The van der Waals surface area contributed by atoms with Gasteiger partial charge in [-0.15, -0.1) is 23.5 Å². The summed E-state index contributed by atoms with van der Waals surface area (Å²) in [6.07, 6.45) is 4.35. The summed E-state index contributed by atoms with van der Waals surface area (Å²) >= 11 is 3.62. The average molecular weight is 563 g/mol. The topological polar surface area (TPSA) is 24.9 Å². The molecule has 6 heteroatoms. The number of fused-ring (bicyclic) bond motifs is 2. The molecule has 0 aliphatic carbocycles. The summed E-state index contributed by atoms with van der Waals surface area (Å²) in [7, 11) is 0. The Morgan fingerprint density at radius 1 is 0.641 bits per heavy atom. The number of benzene rings is 3. The van der Waals surface area contributed by atoms with Gasteiger partial charge in [-0.2, -0.15) is 0 Å². The predicted octanol–water partition coefficient (Wildman–Crippen LogP) is 8.75. The van der Waals surface area contributed by atoms with Crippen molar-refractivity contribution < 1.29 is 9.47 Å². The Balaban J connectivity index is 1.54. The van der Waals surface area contributed by atoms with Gasteiger partial charge in [0.2, 0.25) is 0 Å². The fraction of sp³-hybridized carbons (Fsp3) is 0.455. The Kier molecular flexibility index (Phi) is 7.58. The van der Waals surface area contributed by atoms with Crippen LogP contribution in [0.25, 0.3) is 0 Å². The fourth-order valence-electron chi connectivity index (χ4n) is 5.54. The van der Waals surface area contributed by atoms with Gasteiger partial charge in [0.15, 0.2) is 13.5 Å². The number of rotatable bonds is 4. The van der Waals surface area contributed by atoms with E-state index < -0.39 is 0 Å². The van der Waals surface area contributed by atoms with Crippen LogP contribution in [0, 0.1) is 6.92 Å². The van der Waals surface area contributed by atoms with Crippen molar-refractivity contribution in [3.8, 4) is 11.5 Å². The molecule has 0 radical (unpaired) electrons. The minimum Gasteiger partial charge on any atom is -0.473 e. The van der Waals surface area contributed by atoms with E-state index in [0.29, 0.717) is 13.5 Å². The van der Waals surface area contributed by atoms with Gasteiger partial charge in [-0.1, -0.05) is 53.7 Å². The molecule has 0 fully saturated rings. The normalized spacial score (nSPS) is 15.4. The molecule has 2 heterocycles. The van der Waals surface area contributed by atoms with Crippen LogP contribution in [0.5, 0.6) is 11.5 Å². The highest BCUT2D eigenvalue weighted by atomic mass is 32.2. The van der Waals surface area contributed by atoms with Crippen molar-refractivity contribution in [1.29, 1.82) is 0 Å². The number of ether oxygens (including phenoxy) is 2. The molecular formula is C33H42N2O2S2. The lowest BCUT2D eigenvalue weighted by Crippen LogP contribution is -2.35. The Labute approximate surface area is 243 Å². The first-order valence-corrected chi connectivity index (χ1v) is 16.1. The van der Waals surface area contributed by atoms with E-state index in [9.17, 15) is 0 Å². The van der Waals surface area contributed by atoms with E-state index in [0.717, 1.165) is 24.6 Å². The van der Waals surface area contributed by atoms with Gasteiger partial charge in [0, 0.05) is 34.0 Å². The van der Waals surface area contributed by atoms with Crippen LogP contribution in [0.1, 0.15) is 69.4 Å². The number of anilines is 2. The van der Waals surface area contributed by atoms with Crippen LogP contribution < -0.4 is 19.3 Å². The molecule has 3 aromatic rings. The first-order chi connectivity index (χ1) is 18.4. The van der Waals surface area contributed by atoms with Crippen molar-refractivity contribution in [1.82, 2.24) is 0 Å². The molecule has 0 bridgehead atoms. The molecule has 5 rings (SSSR count). The summed E-state index contributed by atoms with van der Waals surface area (Å²) < 4.78 is 12.6. The van der Waals surface area contributed by atoms with Crippen LogP contribution in [0.15, 0.2) is 52.3 Å². The van der Waals surface area contributed by atoms with E-state index >= 15 is 0 Å². The minimum atomic E-state index is 0.0994. The molecule has 208 valence electrons. The Bertz CT molecular complexity index is 1290. The van der Waals surface area contributed by atoms with Gasteiger partial charge >= 0.3 is 0 Å². The first kappa shape index (κ1) is 28.1. The number of hydrogen-bond acceptors (Lipinski definition) is 6. The van der Waals surface area contributed by atoms with E-state index in [1.165, 1.54) is 49.0 Å². The highest BCUT2D eigenvalue weighted by Gasteiger charge is 2.29. The summed E-state index contributed by atoms with van der Waals surface area (Å²) in [5.41, 5.74) is 9.18. The van der Waals surface area contributed by atoms with Gasteiger partial charge in [-0.25, -0.2) is 0 Å². The lowest BCUT2D eigenvalue weighted by Gasteiger charge is -2.38. The average Bonchev–Trinajstić information content (AvgIpc) is 2.90. The second-order valence-electron chi connectivity index (χ2n) is 12.7. The molecule has 0 saturated carbocycles. The molecule has 2 aliphatic rings. The highest BCUT2D eigenvalue weighted by Crippen LogP contribution is 2.46. The number of thioether (sulfide) groups is 2. The second kappa shape index (κ2) is 10.5. The highest BCUT2D eigenvalue weighted by molar-refractivity contribution is 7.99. The molecule has 0 amide bonds. The van der Waals surface area contributed by atoms with E-state index in [1.54, 1.807) is 0 Å². The SMILES string of the molecule is CSc1cc(SC)c(N2COc3ccc(C(C)(C)C)cc3C2)c(C)c1N1COc2ccc(C(C)(C)C)cc2C1. The molecular weight excluding hydrogens is 521 g/mol. The maximum atomic E-state index is 6.32. The number of hydrogen-bond donors (Lipinski definition) is 0. The van der Waals surface area contributed by atoms with E-state index in [2.05, 4.69) is 113 Å². The summed E-state index contributed by atoms with van der Waals surface area (Å²) in [4.78, 5) is 7.38. The molecule has 0 aromatic heterocycles. The zero-order valence-corrected chi connectivity index (χ0v) is 26.5. The third kappa shape index (κ3) is 5.47. The third-order valence-corrected chi connectivity index (χ3v) is 9.34. The number of nitrogens with zero attached hydrogens (tertiary/aromatic N) is 2. The molecule has 3 aromatic carbocycles. The summed E-state index contributed by atoms with van der Waals surface area (Å²) in [5.74, 6) is 2.00. The smallest absolute Gasteiger partial charge is 0.161 e. The molecule has 2 aliphatic heterocycles. The van der Waals surface area contributed by atoms with Crippen LogP contribution in [0.4, 0.5) is 11.4 Å². The predicted molar refractivity (Wildman–Crippen MR) is 168 cm³/mol. The van der Waals surface area contributed by atoms with Crippen molar-refractivity contribution >= 4 is 34.9 Å². The lowest BCUT2D eigenvalue weighted by molar-refractivity contribution is 0.286. The molecule has 0 atom stereocenters. The maximum absolute atomic E-state index is 6.32. The zero-order valence-electron chi connectivity index (χ0n) is 24.9. The monoisotopic (exact) mass is 562 g/mol. The standard InChI is InChI=1S/C33H42N2O2S2/c1-21-30(34-17-22-14-24(32(2,3)4)10-12-26(22)36-19-34)28(38-8)16-29(39-9)31(21)35-18-23-15-25(33(5,6)7)11-13-27(23)37-20-35/h10-16H,17-20H2,1-9H3. The lowest BCUT2D eigenvalue weighted by atomic mass is 9.86. The quantitative estimate of drug-likeness (QED) is 0.295. The van der Waals surface area contributed by atoms with Crippen LogP contribution in [-0.4, -0.2) is 26.0 Å². The van der Waals surface area contributed by atoms with Gasteiger partial charge in [-0.3, -0.25) is 0 Å². The van der Waals surface area contributed by atoms with Crippen molar-refractivity contribution in [3.63, 3.8) is 0 Å². The van der Waals surface area contributed by atoms with E-state index in [4.69, 9.17) is 9.47 Å². The van der Waals surface area contributed by atoms with Gasteiger partial charge in [0.25, 0.3) is 0 Å². The Morgan fingerprint density at radius 2 is 1.05 bits per heavy atom. The fourth-order valence-corrected chi connectivity index (χ4v) is 7.04. The Morgan fingerprint density at radius 3 is 1.41 bits per heavy atom. The summed E-state index contributed by atoms with van der Waals surface area (Å²) in [5, 5.41) is 0. The molecule has 0 spiro atoms. The van der Waals surface area contributed by atoms with Crippen molar-refractivity contribution in [2.45, 2.75) is 82.2 Å². The summed E-state index contributed by atoms with van der Waals surface area (Å²) in [6.45, 7) is 18.6. The Hall–Kier alpha value is -2.44. The van der Waals surface area contributed by atoms with Crippen LogP contribution in [0.3, 0.4) is 0 Å².